The van der Waals surface area contributed by atoms with E-state index >= 15 is 0 Å². The molecule has 9 heteroatoms. The number of rotatable bonds is 4. The molecule has 2 saturated heterocycles. The lowest BCUT2D eigenvalue weighted by molar-refractivity contribution is -0.142. The second-order valence-corrected chi connectivity index (χ2v) is 8.89. The van der Waals surface area contributed by atoms with E-state index in [1.165, 1.54) is 6.42 Å². The fourth-order valence-electron chi connectivity index (χ4n) is 4.76. The van der Waals surface area contributed by atoms with Crippen molar-refractivity contribution in [2.45, 2.75) is 45.2 Å². The van der Waals surface area contributed by atoms with E-state index in [2.05, 4.69) is 33.2 Å². The van der Waals surface area contributed by atoms with Gasteiger partial charge in [0, 0.05) is 57.3 Å². The fourth-order valence-corrected chi connectivity index (χ4v) is 4.76. The van der Waals surface area contributed by atoms with Gasteiger partial charge in [0.15, 0.2) is 0 Å². The predicted molar refractivity (Wildman–Crippen MR) is 114 cm³/mol. The number of amides is 4. The summed E-state index contributed by atoms with van der Waals surface area (Å²) < 4.78 is 1.75. The van der Waals surface area contributed by atoms with E-state index in [0.29, 0.717) is 18.1 Å². The monoisotopic (exact) mass is 424 g/mol. The van der Waals surface area contributed by atoms with Crippen LogP contribution in [0.25, 0.3) is 5.52 Å². The molecule has 1 N–H and O–H groups in total. The Hall–Kier alpha value is -2.94. The van der Waals surface area contributed by atoms with Crippen molar-refractivity contribution in [3.05, 3.63) is 30.1 Å². The van der Waals surface area contributed by atoms with Crippen molar-refractivity contribution >= 4 is 29.0 Å². The van der Waals surface area contributed by atoms with Crippen LogP contribution in [0.2, 0.25) is 0 Å². The van der Waals surface area contributed by atoms with Crippen molar-refractivity contribution in [2.75, 3.05) is 31.1 Å². The SMILES string of the molecule is CC1CN(Cc2ccn3ncc(N4CCC(=O)NC4=O)c3c2)CCN1C(=O)C1CCC1. The lowest BCUT2D eigenvalue weighted by Crippen LogP contribution is -2.55. The van der Waals surface area contributed by atoms with Crippen molar-refractivity contribution in [3.63, 3.8) is 0 Å². The standard InChI is InChI=1S/C22H28N6O3/c1-15-13-25(9-10-26(15)21(30)17-3-2-4-17)14-16-5-8-28-18(11-16)19(12-23-28)27-7-6-20(29)24-22(27)31/h5,8,11-12,15,17H,2-4,6-7,9-10,13-14H2,1H3,(H,24,29,31). The van der Waals surface area contributed by atoms with Gasteiger partial charge < -0.3 is 4.90 Å². The number of hydrogen-bond donors (Lipinski definition) is 1. The minimum atomic E-state index is -0.405. The van der Waals surface area contributed by atoms with Gasteiger partial charge in [0.05, 0.1) is 17.4 Å². The third kappa shape index (κ3) is 3.78. The molecule has 2 aliphatic heterocycles. The van der Waals surface area contributed by atoms with Gasteiger partial charge in [-0.15, -0.1) is 0 Å². The van der Waals surface area contributed by atoms with Crippen LogP contribution in [-0.4, -0.2) is 69.5 Å². The number of nitrogens with one attached hydrogen (secondary N) is 1. The Balaban J connectivity index is 1.28. The van der Waals surface area contributed by atoms with Gasteiger partial charge >= 0.3 is 6.03 Å². The highest BCUT2D eigenvalue weighted by molar-refractivity contribution is 6.07. The summed E-state index contributed by atoms with van der Waals surface area (Å²) in [7, 11) is 0. The fraction of sp³-hybridized carbons (Fsp3) is 0.545. The van der Waals surface area contributed by atoms with Crippen molar-refractivity contribution in [3.8, 4) is 0 Å². The van der Waals surface area contributed by atoms with Crippen LogP contribution in [0.1, 0.15) is 38.2 Å². The second kappa shape index (κ2) is 7.96. The summed E-state index contributed by atoms with van der Waals surface area (Å²) in [6.07, 6.45) is 7.12. The maximum atomic E-state index is 12.6. The molecule has 1 aliphatic carbocycles. The molecule has 0 aromatic carbocycles. The molecule has 5 rings (SSSR count). The zero-order valence-corrected chi connectivity index (χ0v) is 17.8. The number of pyridine rings is 1. The van der Waals surface area contributed by atoms with Gasteiger partial charge in [-0.1, -0.05) is 6.42 Å². The van der Waals surface area contributed by atoms with Gasteiger partial charge in [0.2, 0.25) is 11.8 Å². The number of anilines is 1. The van der Waals surface area contributed by atoms with Gasteiger partial charge in [-0.2, -0.15) is 5.10 Å². The molecule has 1 unspecified atom stereocenters. The van der Waals surface area contributed by atoms with E-state index in [-0.39, 0.29) is 24.3 Å². The number of nitrogens with zero attached hydrogens (tertiary/aromatic N) is 5. The molecule has 1 saturated carbocycles. The van der Waals surface area contributed by atoms with Crippen LogP contribution in [0.5, 0.6) is 0 Å². The van der Waals surface area contributed by atoms with E-state index in [4.69, 9.17) is 0 Å². The third-order valence-electron chi connectivity index (χ3n) is 6.77. The molecule has 2 aromatic rings. The zero-order valence-electron chi connectivity index (χ0n) is 17.8. The average Bonchev–Trinajstić information content (AvgIpc) is 3.10. The highest BCUT2D eigenvalue weighted by atomic mass is 16.2. The largest absolute Gasteiger partial charge is 0.337 e. The summed E-state index contributed by atoms with van der Waals surface area (Å²) in [6, 6.07) is 3.91. The van der Waals surface area contributed by atoms with Gasteiger partial charge in [0.25, 0.3) is 0 Å². The number of hydrogen-bond acceptors (Lipinski definition) is 5. The highest BCUT2D eigenvalue weighted by Crippen LogP contribution is 2.30. The first-order valence-corrected chi connectivity index (χ1v) is 11.1. The molecule has 164 valence electrons. The summed E-state index contributed by atoms with van der Waals surface area (Å²) in [5.41, 5.74) is 2.68. The van der Waals surface area contributed by atoms with Crippen molar-refractivity contribution in [1.29, 1.82) is 0 Å². The molecular formula is C22H28N6O3. The summed E-state index contributed by atoms with van der Waals surface area (Å²) >= 11 is 0. The number of carbonyl (C=O) groups is 3. The van der Waals surface area contributed by atoms with Crippen LogP contribution in [0.4, 0.5) is 10.5 Å². The Morgan fingerprint density at radius 1 is 1.23 bits per heavy atom. The minimum Gasteiger partial charge on any atom is -0.337 e. The van der Waals surface area contributed by atoms with E-state index in [9.17, 15) is 14.4 Å². The van der Waals surface area contributed by atoms with Gasteiger partial charge in [0.1, 0.15) is 0 Å². The predicted octanol–water partition coefficient (Wildman–Crippen LogP) is 1.61. The quantitative estimate of drug-likeness (QED) is 0.806. The number of piperazine rings is 1. The molecule has 2 aromatic heterocycles. The van der Waals surface area contributed by atoms with Crippen LogP contribution in [0.3, 0.4) is 0 Å². The zero-order chi connectivity index (χ0) is 21.5. The number of imide groups is 1. The topological polar surface area (TPSA) is 90.3 Å². The van der Waals surface area contributed by atoms with Gasteiger partial charge in [-0.25, -0.2) is 9.31 Å². The van der Waals surface area contributed by atoms with E-state index in [0.717, 1.165) is 50.1 Å². The van der Waals surface area contributed by atoms with Crippen LogP contribution >= 0.6 is 0 Å². The molecule has 1 atom stereocenters. The van der Waals surface area contributed by atoms with Crippen LogP contribution in [0.15, 0.2) is 24.5 Å². The third-order valence-corrected chi connectivity index (χ3v) is 6.77. The molecule has 4 heterocycles. The van der Waals surface area contributed by atoms with Crippen LogP contribution in [-0.2, 0) is 16.1 Å². The number of fused-ring (bicyclic) bond motifs is 1. The molecule has 0 bridgehead atoms. The molecular weight excluding hydrogens is 396 g/mol. The summed E-state index contributed by atoms with van der Waals surface area (Å²) in [4.78, 5) is 42.4. The smallest absolute Gasteiger partial charge is 0.328 e. The van der Waals surface area contributed by atoms with Crippen LogP contribution in [0, 0.1) is 5.92 Å². The molecule has 9 nitrogen and oxygen atoms in total. The Kier molecular flexibility index (Phi) is 5.13. The maximum Gasteiger partial charge on any atom is 0.328 e. The Morgan fingerprint density at radius 2 is 2.06 bits per heavy atom. The second-order valence-electron chi connectivity index (χ2n) is 8.89. The van der Waals surface area contributed by atoms with E-state index in [1.807, 2.05) is 12.3 Å². The van der Waals surface area contributed by atoms with Crippen molar-refractivity contribution < 1.29 is 14.4 Å². The summed E-state index contributed by atoms with van der Waals surface area (Å²) in [6.45, 7) is 5.76. The number of aromatic nitrogens is 2. The number of urea groups is 1. The van der Waals surface area contributed by atoms with Gasteiger partial charge in [-0.05, 0) is 37.5 Å². The molecule has 4 amide bonds. The lowest BCUT2D eigenvalue weighted by Gasteiger charge is -2.42. The molecule has 31 heavy (non-hydrogen) atoms. The molecule has 0 radical (unpaired) electrons. The Morgan fingerprint density at radius 3 is 2.77 bits per heavy atom. The van der Waals surface area contributed by atoms with Crippen molar-refractivity contribution in [2.24, 2.45) is 5.92 Å². The first kappa shape index (κ1) is 20.0. The Bertz CT molecular complexity index is 1030. The molecule has 0 spiro atoms. The molecule has 3 fully saturated rings. The summed E-state index contributed by atoms with van der Waals surface area (Å²) in [5.74, 6) is 0.337. The Labute approximate surface area is 181 Å². The van der Waals surface area contributed by atoms with Gasteiger partial charge in [-0.3, -0.25) is 24.7 Å². The highest BCUT2D eigenvalue weighted by Gasteiger charge is 2.34. The first-order valence-electron chi connectivity index (χ1n) is 11.1. The minimum absolute atomic E-state index is 0.214. The molecule has 3 aliphatic rings. The lowest BCUT2D eigenvalue weighted by atomic mass is 9.84. The normalized spacial score (nSPS) is 23.2. The summed E-state index contributed by atoms with van der Waals surface area (Å²) in [5, 5.41) is 6.73. The van der Waals surface area contributed by atoms with Crippen LogP contribution < -0.4 is 10.2 Å². The first-order chi connectivity index (χ1) is 15.0. The van der Waals surface area contributed by atoms with E-state index < -0.39 is 6.03 Å². The average molecular weight is 425 g/mol. The van der Waals surface area contributed by atoms with E-state index in [1.54, 1.807) is 15.6 Å². The van der Waals surface area contributed by atoms with Crippen molar-refractivity contribution in [1.82, 2.24) is 24.7 Å². The number of carbonyl (C=O) groups excluding carboxylic acids is 3. The maximum absolute atomic E-state index is 12.6.